The molecule has 19 heavy (non-hydrogen) atoms. The molecule has 2 aromatic rings. The Labute approximate surface area is 121 Å². The van der Waals surface area contributed by atoms with E-state index in [0.29, 0.717) is 18.9 Å². The molecule has 0 aliphatic rings. The number of rotatable bonds is 5. The molecule has 0 aliphatic carbocycles. The third kappa shape index (κ3) is 3.64. The van der Waals surface area contributed by atoms with Crippen molar-refractivity contribution < 1.29 is 9.84 Å². The van der Waals surface area contributed by atoms with E-state index in [1.54, 1.807) is 6.07 Å². The van der Waals surface area contributed by atoms with Gasteiger partial charge in [-0.3, -0.25) is 0 Å². The van der Waals surface area contributed by atoms with Crippen LogP contribution in [0, 0.1) is 0 Å². The van der Waals surface area contributed by atoms with Crippen LogP contribution >= 0.6 is 15.9 Å². The molecule has 3 nitrogen and oxygen atoms in total. The minimum absolute atomic E-state index is 0.173. The van der Waals surface area contributed by atoms with Crippen molar-refractivity contribution in [2.45, 2.75) is 13.5 Å². The second-order valence-electron chi connectivity index (χ2n) is 4.07. The van der Waals surface area contributed by atoms with Crippen molar-refractivity contribution in [1.82, 2.24) is 0 Å². The number of anilines is 1. The third-order valence-electron chi connectivity index (χ3n) is 2.68. The minimum Gasteiger partial charge on any atom is -0.504 e. The predicted molar refractivity (Wildman–Crippen MR) is 80.7 cm³/mol. The lowest BCUT2D eigenvalue weighted by Gasteiger charge is -2.11. The molecule has 0 saturated heterocycles. The Morgan fingerprint density at radius 3 is 2.74 bits per heavy atom. The lowest BCUT2D eigenvalue weighted by molar-refractivity contribution is 0.318. The average molecular weight is 322 g/mol. The number of para-hydroxylation sites is 1. The monoisotopic (exact) mass is 321 g/mol. The zero-order chi connectivity index (χ0) is 13.7. The third-order valence-corrected chi connectivity index (χ3v) is 3.37. The van der Waals surface area contributed by atoms with Crippen molar-refractivity contribution in [3.8, 4) is 11.5 Å². The first-order chi connectivity index (χ1) is 9.20. The van der Waals surface area contributed by atoms with E-state index >= 15 is 0 Å². The molecule has 0 fully saturated rings. The Kier molecular flexibility index (Phi) is 4.68. The van der Waals surface area contributed by atoms with Crippen molar-refractivity contribution in [3.63, 3.8) is 0 Å². The zero-order valence-corrected chi connectivity index (χ0v) is 12.3. The van der Waals surface area contributed by atoms with Gasteiger partial charge >= 0.3 is 0 Å². The van der Waals surface area contributed by atoms with Crippen molar-refractivity contribution in [2.75, 3.05) is 11.9 Å². The molecule has 0 bridgehead atoms. The largest absolute Gasteiger partial charge is 0.504 e. The zero-order valence-electron chi connectivity index (χ0n) is 10.7. The predicted octanol–water partition coefficient (Wildman–Crippen LogP) is 4.17. The smallest absolute Gasteiger partial charge is 0.161 e. The molecule has 2 aromatic carbocycles. The molecule has 0 aliphatic heterocycles. The van der Waals surface area contributed by atoms with Crippen LogP contribution in [0.25, 0.3) is 0 Å². The van der Waals surface area contributed by atoms with Crippen molar-refractivity contribution >= 4 is 21.6 Å². The summed E-state index contributed by atoms with van der Waals surface area (Å²) in [5.74, 6) is 0.695. The standard InChI is InChI=1S/C15H16BrNO2/c1-2-19-15-9-11(7-8-14(15)18)10-17-13-6-4-3-5-12(13)16/h3-9,17-18H,2,10H2,1H3. The van der Waals surface area contributed by atoms with E-state index in [4.69, 9.17) is 4.74 Å². The molecule has 100 valence electrons. The molecule has 2 N–H and O–H groups in total. The molecule has 0 heterocycles. The SMILES string of the molecule is CCOc1cc(CNc2ccccc2Br)ccc1O. The van der Waals surface area contributed by atoms with Crippen molar-refractivity contribution in [2.24, 2.45) is 0 Å². The number of aromatic hydroxyl groups is 1. The highest BCUT2D eigenvalue weighted by Gasteiger charge is 2.04. The fourth-order valence-corrected chi connectivity index (χ4v) is 2.17. The van der Waals surface area contributed by atoms with Gasteiger partial charge in [0.2, 0.25) is 0 Å². The molecule has 0 amide bonds. The maximum Gasteiger partial charge on any atom is 0.161 e. The van der Waals surface area contributed by atoms with Crippen LogP contribution in [0.15, 0.2) is 46.9 Å². The summed E-state index contributed by atoms with van der Waals surface area (Å²) in [6, 6.07) is 13.3. The van der Waals surface area contributed by atoms with E-state index in [1.807, 2.05) is 43.3 Å². The van der Waals surface area contributed by atoms with Crippen molar-refractivity contribution in [3.05, 3.63) is 52.5 Å². The molecule has 0 atom stereocenters. The number of phenols is 1. The summed E-state index contributed by atoms with van der Waals surface area (Å²) in [6.45, 7) is 3.10. The van der Waals surface area contributed by atoms with E-state index in [9.17, 15) is 5.11 Å². The Balaban J connectivity index is 2.07. The first kappa shape index (κ1) is 13.7. The fourth-order valence-electron chi connectivity index (χ4n) is 1.74. The molecule has 0 saturated carbocycles. The normalized spacial score (nSPS) is 10.2. The number of nitrogens with one attached hydrogen (secondary N) is 1. The number of phenolic OH excluding ortho intramolecular Hbond substituents is 1. The summed E-state index contributed by atoms with van der Waals surface area (Å²) < 4.78 is 6.39. The van der Waals surface area contributed by atoms with Gasteiger partial charge < -0.3 is 15.2 Å². The number of ether oxygens (including phenoxy) is 1. The van der Waals surface area contributed by atoms with Gasteiger partial charge in [0.1, 0.15) is 0 Å². The van der Waals surface area contributed by atoms with E-state index in [2.05, 4.69) is 21.2 Å². The van der Waals surface area contributed by atoms with Gasteiger partial charge in [0.25, 0.3) is 0 Å². The summed E-state index contributed by atoms with van der Waals surface area (Å²) in [5, 5.41) is 13.0. The molecule has 2 rings (SSSR count). The van der Waals surface area contributed by atoms with Gasteiger partial charge in [0, 0.05) is 16.7 Å². The topological polar surface area (TPSA) is 41.5 Å². The maximum atomic E-state index is 9.64. The van der Waals surface area contributed by atoms with Crippen molar-refractivity contribution in [1.29, 1.82) is 0 Å². The number of halogens is 1. The maximum absolute atomic E-state index is 9.64. The van der Waals surface area contributed by atoms with E-state index in [-0.39, 0.29) is 5.75 Å². The average Bonchev–Trinajstić information content (AvgIpc) is 2.41. The number of benzene rings is 2. The Bertz CT molecular complexity index is 558. The molecule has 0 aromatic heterocycles. The molecule has 0 unspecified atom stereocenters. The van der Waals surface area contributed by atoms with E-state index in [1.165, 1.54) is 0 Å². The lowest BCUT2D eigenvalue weighted by atomic mass is 10.2. The van der Waals surface area contributed by atoms with Crippen LogP contribution < -0.4 is 10.1 Å². The Morgan fingerprint density at radius 1 is 1.21 bits per heavy atom. The summed E-state index contributed by atoms with van der Waals surface area (Å²) in [7, 11) is 0. The minimum atomic E-state index is 0.173. The summed E-state index contributed by atoms with van der Waals surface area (Å²) in [4.78, 5) is 0. The van der Waals surface area contributed by atoms with Crippen LogP contribution in [0.5, 0.6) is 11.5 Å². The molecule has 0 radical (unpaired) electrons. The molecule has 0 spiro atoms. The van der Waals surface area contributed by atoms with Gasteiger partial charge in [-0.25, -0.2) is 0 Å². The van der Waals surface area contributed by atoms with E-state index in [0.717, 1.165) is 15.7 Å². The Morgan fingerprint density at radius 2 is 2.00 bits per heavy atom. The quantitative estimate of drug-likeness (QED) is 0.868. The fraction of sp³-hybridized carbons (Fsp3) is 0.200. The van der Waals surface area contributed by atoms with Gasteiger partial charge in [-0.05, 0) is 52.7 Å². The number of hydrogen-bond acceptors (Lipinski definition) is 3. The highest BCUT2D eigenvalue weighted by atomic mass is 79.9. The molecular weight excluding hydrogens is 306 g/mol. The molecule has 4 heteroatoms. The van der Waals surface area contributed by atoms with Gasteiger partial charge in [-0.1, -0.05) is 18.2 Å². The van der Waals surface area contributed by atoms with Crippen LogP contribution in [0.4, 0.5) is 5.69 Å². The molecular formula is C15H16BrNO2. The van der Waals surface area contributed by atoms with Gasteiger partial charge in [-0.15, -0.1) is 0 Å². The first-order valence-electron chi connectivity index (χ1n) is 6.13. The van der Waals surface area contributed by atoms with Gasteiger partial charge in [-0.2, -0.15) is 0 Å². The van der Waals surface area contributed by atoms with Crippen LogP contribution in [-0.2, 0) is 6.54 Å². The second kappa shape index (κ2) is 6.48. The van der Waals surface area contributed by atoms with Crippen LogP contribution in [-0.4, -0.2) is 11.7 Å². The summed E-state index contributed by atoms with van der Waals surface area (Å²) in [5.41, 5.74) is 2.09. The van der Waals surface area contributed by atoms with Crippen LogP contribution in [0.3, 0.4) is 0 Å². The summed E-state index contributed by atoms with van der Waals surface area (Å²) in [6.07, 6.45) is 0. The van der Waals surface area contributed by atoms with Crippen LogP contribution in [0.2, 0.25) is 0 Å². The second-order valence-corrected chi connectivity index (χ2v) is 4.92. The van der Waals surface area contributed by atoms with E-state index < -0.39 is 0 Å². The highest BCUT2D eigenvalue weighted by Crippen LogP contribution is 2.28. The van der Waals surface area contributed by atoms with Gasteiger partial charge in [0.05, 0.1) is 6.61 Å². The first-order valence-corrected chi connectivity index (χ1v) is 6.93. The highest BCUT2D eigenvalue weighted by molar-refractivity contribution is 9.10. The summed E-state index contributed by atoms with van der Waals surface area (Å²) >= 11 is 3.49. The Hall–Kier alpha value is -1.68. The van der Waals surface area contributed by atoms with Gasteiger partial charge in [0.15, 0.2) is 11.5 Å². The number of hydrogen-bond donors (Lipinski definition) is 2. The van der Waals surface area contributed by atoms with Crippen LogP contribution in [0.1, 0.15) is 12.5 Å². The lowest BCUT2D eigenvalue weighted by Crippen LogP contribution is -2.01.